The molecule has 3 fully saturated rings. The minimum absolute atomic E-state index is 0.395. The van der Waals surface area contributed by atoms with Gasteiger partial charge < -0.3 is 20.7 Å². The van der Waals surface area contributed by atoms with Crippen LogP contribution in [0, 0.1) is 11.8 Å². The number of ether oxygens (including phenoxy) is 1. The van der Waals surface area contributed by atoms with Gasteiger partial charge in [-0.05, 0) is 56.5 Å². The van der Waals surface area contributed by atoms with E-state index in [0.717, 1.165) is 56.4 Å². The second-order valence-electron chi connectivity index (χ2n) is 8.97. The number of nitrogens with zero attached hydrogens (tertiary/aromatic N) is 3. The molecule has 7 nitrogen and oxygen atoms in total. The van der Waals surface area contributed by atoms with Crippen molar-refractivity contribution in [1.82, 2.24) is 19.9 Å². The predicted octanol–water partition coefficient (Wildman–Crippen LogP) is 2.85. The Morgan fingerprint density at radius 3 is 2.57 bits per heavy atom. The van der Waals surface area contributed by atoms with Crippen LogP contribution in [0.5, 0.6) is 0 Å². The number of piperidine rings is 1. The Balaban J connectivity index is 1.49. The second kappa shape index (κ2) is 7.52. The number of anilines is 2. The highest BCUT2D eigenvalue weighted by molar-refractivity contribution is 5.61. The summed E-state index contributed by atoms with van der Waals surface area (Å²) in [5.41, 5.74) is 2.17. The Labute approximate surface area is 166 Å². The SMILES string of the molecule is CC(C)c1cnn2c(NC3C4CCC3CNC4)cc(NC3CCOCC3)nc12. The van der Waals surface area contributed by atoms with Crippen molar-refractivity contribution in [3.63, 3.8) is 0 Å². The number of nitrogens with one attached hydrogen (secondary N) is 3. The smallest absolute Gasteiger partial charge is 0.163 e. The molecule has 0 radical (unpaired) electrons. The Morgan fingerprint density at radius 2 is 1.86 bits per heavy atom. The third-order valence-electron chi connectivity index (χ3n) is 6.75. The lowest BCUT2D eigenvalue weighted by molar-refractivity contribution is 0.0904. The first-order valence-electron chi connectivity index (χ1n) is 10.9. The van der Waals surface area contributed by atoms with E-state index in [1.54, 1.807) is 0 Å². The van der Waals surface area contributed by atoms with Crippen molar-refractivity contribution >= 4 is 17.3 Å². The van der Waals surface area contributed by atoms with Crippen LogP contribution in [0.3, 0.4) is 0 Å². The van der Waals surface area contributed by atoms with E-state index in [1.807, 2.05) is 10.7 Å². The van der Waals surface area contributed by atoms with Crippen molar-refractivity contribution in [1.29, 1.82) is 0 Å². The van der Waals surface area contributed by atoms with Crippen LogP contribution in [0.2, 0.25) is 0 Å². The van der Waals surface area contributed by atoms with E-state index in [2.05, 4.69) is 35.9 Å². The second-order valence-corrected chi connectivity index (χ2v) is 8.97. The van der Waals surface area contributed by atoms with Gasteiger partial charge in [0.05, 0.1) is 6.20 Å². The molecule has 2 aliphatic heterocycles. The van der Waals surface area contributed by atoms with Crippen LogP contribution < -0.4 is 16.0 Å². The standard InChI is InChI=1S/C21H32N6O/c1-13(2)17-12-23-27-19(26-20-14-3-4-15(20)11-22-10-14)9-18(25-21(17)27)24-16-5-7-28-8-6-16/h9,12-16,20,22,26H,3-8,10-11H2,1-2H3,(H,24,25). The van der Waals surface area contributed by atoms with E-state index in [1.165, 1.54) is 18.4 Å². The van der Waals surface area contributed by atoms with Crippen LogP contribution >= 0.6 is 0 Å². The van der Waals surface area contributed by atoms with Gasteiger partial charge in [0.1, 0.15) is 11.6 Å². The van der Waals surface area contributed by atoms with Crippen LogP contribution in [0.15, 0.2) is 12.3 Å². The maximum absolute atomic E-state index is 5.51. The maximum Gasteiger partial charge on any atom is 0.163 e. The molecule has 7 heteroatoms. The summed E-state index contributed by atoms with van der Waals surface area (Å²) >= 11 is 0. The molecule has 0 amide bonds. The first kappa shape index (κ1) is 18.2. The van der Waals surface area contributed by atoms with Gasteiger partial charge in [-0.1, -0.05) is 13.8 Å². The summed E-state index contributed by atoms with van der Waals surface area (Å²) < 4.78 is 7.51. The summed E-state index contributed by atoms with van der Waals surface area (Å²) in [5.74, 6) is 3.81. The monoisotopic (exact) mass is 384 g/mol. The van der Waals surface area contributed by atoms with Gasteiger partial charge in [-0.2, -0.15) is 9.61 Å². The molecule has 2 atom stereocenters. The van der Waals surface area contributed by atoms with Crippen LogP contribution in [-0.4, -0.2) is 53.0 Å². The molecule has 0 aromatic carbocycles. The summed E-state index contributed by atoms with van der Waals surface area (Å²) in [6.07, 6.45) is 6.67. The van der Waals surface area contributed by atoms with E-state index in [9.17, 15) is 0 Å². The van der Waals surface area contributed by atoms with Gasteiger partial charge in [-0.15, -0.1) is 0 Å². The lowest BCUT2D eigenvalue weighted by atomic mass is 9.93. The van der Waals surface area contributed by atoms with Crippen molar-refractivity contribution in [2.24, 2.45) is 11.8 Å². The topological polar surface area (TPSA) is 75.5 Å². The van der Waals surface area contributed by atoms with Crippen molar-refractivity contribution in [2.45, 2.75) is 57.5 Å². The molecule has 2 unspecified atom stereocenters. The molecule has 5 rings (SSSR count). The van der Waals surface area contributed by atoms with Crippen LogP contribution in [0.4, 0.5) is 11.6 Å². The minimum atomic E-state index is 0.395. The third-order valence-corrected chi connectivity index (χ3v) is 6.75. The Hall–Kier alpha value is -1.86. The average Bonchev–Trinajstić information content (AvgIpc) is 3.20. The zero-order valence-electron chi connectivity index (χ0n) is 16.9. The van der Waals surface area contributed by atoms with Crippen molar-refractivity contribution in [3.05, 3.63) is 17.8 Å². The molecule has 152 valence electrons. The molecule has 2 aromatic rings. The minimum Gasteiger partial charge on any atom is -0.381 e. The van der Waals surface area contributed by atoms with Gasteiger partial charge in [0.25, 0.3) is 0 Å². The molecule has 1 aliphatic carbocycles. The largest absolute Gasteiger partial charge is 0.381 e. The molecule has 3 N–H and O–H groups in total. The molecule has 0 spiro atoms. The molecule has 2 bridgehead atoms. The highest BCUT2D eigenvalue weighted by atomic mass is 16.5. The van der Waals surface area contributed by atoms with Crippen LogP contribution in [0.1, 0.15) is 51.0 Å². The number of rotatable bonds is 5. The van der Waals surface area contributed by atoms with E-state index in [4.69, 9.17) is 14.8 Å². The van der Waals surface area contributed by atoms with Crippen molar-refractivity contribution in [3.8, 4) is 0 Å². The predicted molar refractivity (Wildman–Crippen MR) is 111 cm³/mol. The molecular weight excluding hydrogens is 352 g/mol. The lowest BCUT2D eigenvalue weighted by Crippen LogP contribution is -2.45. The summed E-state index contributed by atoms with van der Waals surface area (Å²) in [6, 6.07) is 3.10. The fraction of sp³-hybridized carbons (Fsp3) is 0.714. The molecule has 2 saturated heterocycles. The number of hydrogen-bond acceptors (Lipinski definition) is 6. The number of fused-ring (bicyclic) bond motifs is 3. The summed E-state index contributed by atoms with van der Waals surface area (Å²) in [7, 11) is 0. The highest BCUT2D eigenvalue weighted by Crippen LogP contribution is 2.36. The first-order chi connectivity index (χ1) is 13.7. The van der Waals surface area contributed by atoms with Crippen LogP contribution in [-0.2, 0) is 4.74 Å². The molecule has 2 aromatic heterocycles. The van der Waals surface area contributed by atoms with Gasteiger partial charge in [0, 0.05) is 36.9 Å². The normalized spacial score (nSPS) is 28.2. The Kier molecular flexibility index (Phi) is 4.88. The van der Waals surface area contributed by atoms with Gasteiger partial charge in [0.15, 0.2) is 5.65 Å². The average molecular weight is 385 g/mol. The summed E-state index contributed by atoms with van der Waals surface area (Å²) in [6.45, 7) is 8.30. The summed E-state index contributed by atoms with van der Waals surface area (Å²) in [5, 5.41) is 15.8. The molecule has 3 aliphatic rings. The molecule has 28 heavy (non-hydrogen) atoms. The van der Waals surface area contributed by atoms with Crippen molar-refractivity contribution < 1.29 is 4.74 Å². The Morgan fingerprint density at radius 1 is 1.11 bits per heavy atom. The fourth-order valence-corrected chi connectivity index (χ4v) is 5.11. The van der Waals surface area contributed by atoms with Gasteiger partial charge in [-0.25, -0.2) is 4.98 Å². The van der Waals surface area contributed by atoms with Crippen molar-refractivity contribution in [2.75, 3.05) is 36.9 Å². The van der Waals surface area contributed by atoms with E-state index in [-0.39, 0.29) is 0 Å². The third kappa shape index (κ3) is 3.35. The highest BCUT2D eigenvalue weighted by Gasteiger charge is 2.39. The first-order valence-corrected chi connectivity index (χ1v) is 10.9. The quantitative estimate of drug-likeness (QED) is 0.736. The fourth-order valence-electron chi connectivity index (χ4n) is 5.11. The maximum atomic E-state index is 5.51. The molecular formula is C21H32N6O. The van der Waals surface area contributed by atoms with Gasteiger partial charge in [-0.3, -0.25) is 0 Å². The van der Waals surface area contributed by atoms with E-state index < -0.39 is 0 Å². The molecule has 4 heterocycles. The van der Waals surface area contributed by atoms with Gasteiger partial charge >= 0.3 is 0 Å². The Bertz CT molecular complexity index is 812. The lowest BCUT2D eigenvalue weighted by Gasteiger charge is -2.32. The van der Waals surface area contributed by atoms with Gasteiger partial charge in [0.2, 0.25) is 0 Å². The van der Waals surface area contributed by atoms with E-state index >= 15 is 0 Å². The number of hydrogen-bond donors (Lipinski definition) is 3. The number of aromatic nitrogens is 3. The molecule has 1 saturated carbocycles. The zero-order chi connectivity index (χ0) is 19.1. The zero-order valence-corrected chi connectivity index (χ0v) is 16.9. The van der Waals surface area contributed by atoms with E-state index in [0.29, 0.717) is 29.8 Å². The van der Waals surface area contributed by atoms with Crippen LogP contribution in [0.25, 0.3) is 5.65 Å². The summed E-state index contributed by atoms with van der Waals surface area (Å²) in [4.78, 5) is 4.95.